The van der Waals surface area contributed by atoms with E-state index in [1.165, 1.54) is 0 Å². The van der Waals surface area contributed by atoms with E-state index in [4.69, 9.17) is 0 Å². The van der Waals surface area contributed by atoms with Gasteiger partial charge in [0, 0.05) is 24.7 Å². The molecule has 1 aromatic heterocycles. The van der Waals surface area contributed by atoms with Crippen molar-refractivity contribution in [2.75, 3.05) is 25.0 Å². The van der Waals surface area contributed by atoms with Gasteiger partial charge in [0.25, 0.3) is 0 Å². The number of nitrogens with one attached hydrogen (secondary N) is 1. The number of carbonyl (C=O) groups is 1. The molecular weight excluding hydrogens is 240 g/mol. The molecule has 1 aliphatic rings. The highest BCUT2D eigenvalue weighted by Crippen LogP contribution is 2.12. The van der Waals surface area contributed by atoms with Crippen molar-refractivity contribution in [2.24, 2.45) is 0 Å². The lowest BCUT2D eigenvalue weighted by molar-refractivity contribution is -0.128. The second kappa shape index (κ2) is 5.22. The molecule has 0 bridgehead atoms. The van der Waals surface area contributed by atoms with Crippen LogP contribution < -0.4 is 5.32 Å². The maximum absolute atomic E-state index is 11.9. The van der Waals surface area contributed by atoms with Gasteiger partial charge in [-0.15, -0.1) is 0 Å². The normalized spacial score (nSPS) is 14.8. The maximum Gasteiger partial charge on any atom is 0.241 e. The number of hydrogen-bond acceptors (Lipinski definition) is 4. The molecule has 0 radical (unpaired) electrons. The average Bonchev–Trinajstić information content (AvgIpc) is 2.99. The van der Waals surface area contributed by atoms with Crippen LogP contribution in [-0.4, -0.2) is 40.4 Å². The summed E-state index contributed by atoms with van der Waals surface area (Å²) < 4.78 is 0. The number of rotatable bonds is 3. The van der Waals surface area contributed by atoms with Gasteiger partial charge in [0.15, 0.2) is 0 Å². The maximum atomic E-state index is 11.9. The molecule has 5 heteroatoms. The van der Waals surface area contributed by atoms with E-state index in [-0.39, 0.29) is 12.5 Å². The Kier molecular flexibility index (Phi) is 3.27. The van der Waals surface area contributed by atoms with E-state index in [2.05, 4.69) is 15.3 Å². The first kappa shape index (κ1) is 11.9. The summed E-state index contributed by atoms with van der Waals surface area (Å²) in [5, 5.41) is 4.00. The number of anilines is 1. The van der Waals surface area contributed by atoms with Crippen molar-refractivity contribution in [3.05, 3.63) is 30.5 Å². The molecule has 1 saturated heterocycles. The van der Waals surface area contributed by atoms with Gasteiger partial charge < -0.3 is 10.2 Å². The van der Waals surface area contributed by atoms with Gasteiger partial charge in [-0.2, -0.15) is 0 Å². The van der Waals surface area contributed by atoms with E-state index in [9.17, 15) is 4.79 Å². The zero-order chi connectivity index (χ0) is 13.1. The Morgan fingerprint density at radius 1 is 1.26 bits per heavy atom. The predicted molar refractivity (Wildman–Crippen MR) is 73.8 cm³/mol. The highest BCUT2D eigenvalue weighted by Gasteiger charge is 2.17. The van der Waals surface area contributed by atoms with Crippen LogP contribution in [0.15, 0.2) is 30.5 Å². The average molecular weight is 256 g/mol. The number of hydrogen-bond donors (Lipinski definition) is 1. The van der Waals surface area contributed by atoms with Crippen molar-refractivity contribution >= 4 is 22.8 Å². The van der Waals surface area contributed by atoms with E-state index < -0.39 is 0 Å². The SMILES string of the molecule is O=C(CNc1ncc2ccccc2n1)N1CCCC1. The summed E-state index contributed by atoms with van der Waals surface area (Å²) in [4.78, 5) is 22.4. The van der Waals surface area contributed by atoms with Crippen molar-refractivity contribution in [1.82, 2.24) is 14.9 Å². The Balaban J connectivity index is 1.66. The summed E-state index contributed by atoms with van der Waals surface area (Å²) in [5.74, 6) is 0.625. The van der Waals surface area contributed by atoms with Crippen molar-refractivity contribution < 1.29 is 4.79 Å². The molecule has 1 amide bonds. The second-order valence-corrected chi connectivity index (χ2v) is 4.69. The minimum Gasteiger partial charge on any atom is -0.345 e. The van der Waals surface area contributed by atoms with Gasteiger partial charge in [0.05, 0.1) is 12.1 Å². The number of nitrogens with zero attached hydrogens (tertiary/aromatic N) is 3. The fraction of sp³-hybridized carbons (Fsp3) is 0.357. The zero-order valence-corrected chi connectivity index (χ0v) is 10.7. The molecule has 0 saturated carbocycles. The van der Waals surface area contributed by atoms with Crippen LogP contribution in [0.2, 0.25) is 0 Å². The van der Waals surface area contributed by atoms with E-state index in [1.54, 1.807) is 6.20 Å². The number of benzene rings is 1. The van der Waals surface area contributed by atoms with Crippen LogP contribution in [0.4, 0.5) is 5.95 Å². The first-order valence-electron chi connectivity index (χ1n) is 6.56. The van der Waals surface area contributed by atoms with Gasteiger partial charge in [0.2, 0.25) is 11.9 Å². The molecule has 2 heterocycles. The fourth-order valence-electron chi connectivity index (χ4n) is 2.29. The number of para-hydroxylation sites is 1. The van der Waals surface area contributed by atoms with Gasteiger partial charge in [-0.3, -0.25) is 4.79 Å². The Morgan fingerprint density at radius 2 is 2.05 bits per heavy atom. The molecule has 5 nitrogen and oxygen atoms in total. The van der Waals surface area contributed by atoms with Crippen LogP contribution >= 0.6 is 0 Å². The van der Waals surface area contributed by atoms with E-state index >= 15 is 0 Å². The summed E-state index contributed by atoms with van der Waals surface area (Å²) >= 11 is 0. The van der Waals surface area contributed by atoms with E-state index in [1.807, 2.05) is 29.2 Å². The van der Waals surface area contributed by atoms with Gasteiger partial charge in [0.1, 0.15) is 0 Å². The van der Waals surface area contributed by atoms with Crippen molar-refractivity contribution in [1.29, 1.82) is 0 Å². The largest absolute Gasteiger partial charge is 0.345 e. The van der Waals surface area contributed by atoms with Crippen LogP contribution in [0, 0.1) is 0 Å². The van der Waals surface area contributed by atoms with Crippen molar-refractivity contribution in [3.8, 4) is 0 Å². The second-order valence-electron chi connectivity index (χ2n) is 4.69. The quantitative estimate of drug-likeness (QED) is 0.907. The van der Waals surface area contributed by atoms with Crippen molar-refractivity contribution in [2.45, 2.75) is 12.8 Å². The highest BCUT2D eigenvalue weighted by molar-refractivity contribution is 5.81. The molecular formula is C14H16N4O. The molecule has 0 atom stereocenters. The monoisotopic (exact) mass is 256 g/mol. The smallest absolute Gasteiger partial charge is 0.241 e. The molecule has 0 aliphatic carbocycles. The molecule has 2 aromatic rings. The predicted octanol–water partition coefficient (Wildman–Crippen LogP) is 1.66. The van der Waals surface area contributed by atoms with Crippen molar-refractivity contribution in [3.63, 3.8) is 0 Å². The lowest BCUT2D eigenvalue weighted by Crippen LogP contribution is -2.33. The van der Waals surface area contributed by atoms with E-state index in [0.29, 0.717) is 5.95 Å². The number of fused-ring (bicyclic) bond motifs is 1. The summed E-state index contributed by atoms with van der Waals surface area (Å²) in [6, 6.07) is 7.79. The number of likely N-dealkylation sites (tertiary alicyclic amines) is 1. The molecule has 0 unspecified atom stereocenters. The third-order valence-electron chi connectivity index (χ3n) is 3.35. The first-order valence-corrected chi connectivity index (χ1v) is 6.56. The Hall–Kier alpha value is -2.17. The van der Waals surface area contributed by atoms with Gasteiger partial charge in [-0.1, -0.05) is 18.2 Å². The summed E-state index contributed by atoms with van der Waals surface area (Å²) in [7, 11) is 0. The van der Waals surface area contributed by atoms with Crippen LogP contribution in [0.3, 0.4) is 0 Å². The summed E-state index contributed by atoms with van der Waals surface area (Å²) in [6.45, 7) is 2.01. The van der Waals surface area contributed by atoms with Crippen LogP contribution in [0.1, 0.15) is 12.8 Å². The summed E-state index contributed by atoms with van der Waals surface area (Å²) in [6.07, 6.45) is 3.99. The lowest BCUT2D eigenvalue weighted by atomic mass is 10.2. The Labute approximate surface area is 111 Å². The summed E-state index contributed by atoms with van der Waals surface area (Å²) in [5.41, 5.74) is 0.883. The molecule has 19 heavy (non-hydrogen) atoms. The minimum atomic E-state index is 0.120. The molecule has 1 aliphatic heterocycles. The Bertz CT molecular complexity index is 593. The minimum absolute atomic E-state index is 0.120. The van der Waals surface area contributed by atoms with E-state index in [0.717, 1.165) is 36.8 Å². The number of amides is 1. The van der Waals surface area contributed by atoms with Gasteiger partial charge in [-0.05, 0) is 18.9 Å². The zero-order valence-electron chi connectivity index (χ0n) is 10.7. The van der Waals surface area contributed by atoms with Crippen LogP contribution in [-0.2, 0) is 4.79 Å². The molecule has 1 aromatic carbocycles. The molecule has 3 rings (SSSR count). The molecule has 1 N–H and O–H groups in total. The highest BCUT2D eigenvalue weighted by atomic mass is 16.2. The first-order chi connectivity index (χ1) is 9.33. The topological polar surface area (TPSA) is 58.1 Å². The third-order valence-corrected chi connectivity index (χ3v) is 3.35. The standard InChI is InChI=1S/C14H16N4O/c19-13(18-7-3-4-8-18)10-16-14-15-9-11-5-1-2-6-12(11)17-14/h1-2,5-6,9H,3-4,7-8,10H2,(H,15,16,17). The molecule has 1 fully saturated rings. The van der Waals surface area contributed by atoms with Gasteiger partial charge >= 0.3 is 0 Å². The van der Waals surface area contributed by atoms with Crippen LogP contribution in [0.5, 0.6) is 0 Å². The number of carbonyl (C=O) groups excluding carboxylic acids is 1. The molecule has 98 valence electrons. The Morgan fingerprint density at radius 3 is 2.89 bits per heavy atom. The lowest BCUT2D eigenvalue weighted by Gasteiger charge is -2.15. The fourth-order valence-corrected chi connectivity index (χ4v) is 2.29. The van der Waals surface area contributed by atoms with Gasteiger partial charge in [-0.25, -0.2) is 9.97 Å². The van der Waals surface area contributed by atoms with Crippen LogP contribution in [0.25, 0.3) is 10.9 Å². The molecule has 0 spiro atoms. The third kappa shape index (κ3) is 2.65. The number of aromatic nitrogens is 2.